The van der Waals surface area contributed by atoms with E-state index in [1.165, 1.54) is 38.9 Å². The predicted octanol–water partition coefficient (Wildman–Crippen LogP) is 2.87. The third-order valence-electron chi connectivity index (χ3n) is 2.39. The first-order chi connectivity index (χ1) is 7.66. The number of methoxy groups -OCH3 is 1. The molecule has 0 aromatic carbocycles. The Kier molecular flexibility index (Phi) is 9.87. The van der Waals surface area contributed by atoms with Crippen LogP contribution in [0.15, 0.2) is 12.3 Å². The maximum Gasteiger partial charge on any atom is 0.331 e. The normalized spacial score (nSPS) is 11.0. The van der Waals surface area contributed by atoms with E-state index in [1.807, 2.05) is 0 Å². The zero-order chi connectivity index (χ0) is 12.2. The summed E-state index contributed by atoms with van der Waals surface area (Å²) in [7, 11) is 1.38. The molecule has 0 aromatic heterocycles. The lowest BCUT2D eigenvalue weighted by atomic mass is 10.0. The molecule has 0 heterocycles. The topological polar surface area (TPSA) is 38.3 Å². The van der Waals surface area contributed by atoms with Gasteiger partial charge in [-0.05, 0) is 12.3 Å². The SMILES string of the molecule is COC(=O)/C=C/NCCCCCCC(C)C. The van der Waals surface area contributed by atoms with Gasteiger partial charge in [0.25, 0.3) is 0 Å². The zero-order valence-electron chi connectivity index (χ0n) is 10.8. The number of hydrogen-bond donors (Lipinski definition) is 1. The summed E-state index contributed by atoms with van der Waals surface area (Å²) in [5, 5.41) is 3.07. The molecule has 0 amide bonds. The van der Waals surface area contributed by atoms with Crippen LogP contribution in [0.1, 0.15) is 46.0 Å². The van der Waals surface area contributed by atoms with E-state index in [4.69, 9.17) is 0 Å². The summed E-state index contributed by atoms with van der Waals surface area (Å²) in [6.07, 6.45) is 9.43. The minimum atomic E-state index is -0.315. The largest absolute Gasteiger partial charge is 0.466 e. The highest BCUT2D eigenvalue weighted by Gasteiger charge is 1.94. The summed E-state index contributed by atoms with van der Waals surface area (Å²) in [4.78, 5) is 10.7. The van der Waals surface area contributed by atoms with Gasteiger partial charge in [0.2, 0.25) is 0 Å². The molecule has 0 bridgehead atoms. The molecule has 0 saturated heterocycles. The van der Waals surface area contributed by atoms with E-state index in [2.05, 4.69) is 23.9 Å². The van der Waals surface area contributed by atoms with Crippen LogP contribution >= 0.6 is 0 Å². The summed E-state index contributed by atoms with van der Waals surface area (Å²) in [6, 6.07) is 0. The highest BCUT2D eigenvalue weighted by atomic mass is 16.5. The molecule has 0 unspecified atom stereocenters. The Balaban J connectivity index is 3.15. The lowest BCUT2D eigenvalue weighted by molar-refractivity contribution is -0.134. The molecule has 3 nitrogen and oxygen atoms in total. The molecule has 0 aromatic rings. The quantitative estimate of drug-likeness (QED) is 0.374. The van der Waals surface area contributed by atoms with Crippen LogP contribution in [0, 0.1) is 5.92 Å². The van der Waals surface area contributed by atoms with Crippen molar-refractivity contribution >= 4 is 5.97 Å². The van der Waals surface area contributed by atoms with Crippen molar-refractivity contribution in [3.8, 4) is 0 Å². The van der Waals surface area contributed by atoms with Crippen LogP contribution in [0.4, 0.5) is 0 Å². The molecular weight excluding hydrogens is 202 g/mol. The number of rotatable bonds is 9. The zero-order valence-corrected chi connectivity index (χ0v) is 10.8. The molecule has 0 fully saturated rings. The van der Waals surface area contributed by atoms with Crippen LogP contribution in [0.2, 0.25) is 0 Å². The van der Waals surface area contributed by atoms with E-state index in [0.717, 1.165) is 18.9 Å². The third-order valence-corrected chi connectivity index (χ3v) is 2.39. The summed E-state index contributed by atoms with van der Waals surface area (Å²) in [5.74, 6) is 0.505. The summed E-state index contributed by atoms with van der Waals surface area (Å²) >= 11 is 0. The Labute approximate surface area is 99.3 Å². The Morgan fingerprint density at radius 1 is 1.25 bits per heavy atom. The second-order valence-electron chi connectivity index (χ2n) is 4.41. The number of carbonyl (C=O) groups is 1. The number of ether oxygens (including phenoxy) is 1. The smallest absolute Gasteiger partial charge is 0.331 e. The molecule has 1 N–H and O–H groups in total. The van der Waals surface area contributed by atoms with E-state index >= 15 is 0 Å². The fourth-order valence-corrected chi connectivity index (χ4v) is 1.41. The maximum atomic E-state index is 10.7. The van der Waals surface area contributed by atoms with Gasteiger partial charge in [0, 0.05) is 18.8 Å². The van der Waals surface area contributed by atoms with Gasteiger partial charge in [0.1, 0.15) is 0 Å². The first-order valence-corrected chi connectivity index (χ1v) is 6.14. The monoisotopic (exact) mass is 227 g/mol. The van der Waals surface area contributed by atoms with Gasteiger partial charge in [-0.15, -0.1) is 0 Å². The van der Waals surface area contributed by atoms with Crippen molar-refractivity contribution in [2.45, 2.75) is 46.0 Å². The van der Waals surface area contributed by atoms with Crippen molar-refractivity contribution in [3.05, 3.63) is 12.3 Å². The second kappa shape index (κ2) is 10.5. The molecule has 3 heteroatoms. The van der Waals surface area contributed by atoms with Crippen molar-refractivity contribution in [2.75, 3.05) is 13.7 Å². The van der Waals surface area contributed by atoms with Gasteiger partial charge in [-0.2, -0.15) is 0 Å². The van der Waals surface area contributed by atoms with Crippen LogP contribution in [-0.4, -0.2) is 19.6 Å². The van der Waals surface area contributed by atoms with Gasteiger partial charge >= 0.3 is 5.97 Å². The molecule has 0 atom stereocenters. The van der Waals surface area contributed by atoms with E-state index < -0.39 is 0 Å². The maximum absolute atomic E-state index is 10.7. The Morgan fingerprint density at radius 3 is 2.56 bits per heavy atom. The van der Waals surface area contributed by atoms with Gasteiger partial charge in [0.15, 0.2) is 0 Å². The number of unbranched alkanes of at least 4 members (excludes halogenated alkanes) is 3. The first-order valence-electron chi connectivity index (χ1n) is 6.14. The fraction of sp³-hybridized carbons (Fsp3) is 0.769. The van der Waals surface area contributed by atoms with Gasteiger partial charge in [-0.1, -0.05) is 39.5 Å². The van der Waals surface area contributed by atoms with E-state index in [0.29, 0.717) is 0 Å². The number of nitrogens with one attached hydrogen (secondary N) is 1. The summed E-state index contributed by atoms with van der Waals surface area (Å²) < 4.78 is 4.47. The molecule has 0 spiro atoms. The highest BCUT2D eigenvalue weighted by molar-refractivity contribution is 5.81. The number of esters is 1. The lowest BCUT2D eigenvalue weighted by Crippen LogP contribution is -2.08. The lowest BCUT2D eigenvalue weighted by Gasteiger charge is -2.04. The molecule has 0 aliphatic rings. The molecule has 94 valence electrons. The molecular formula is C13H25NO2. The van der Waals surface area contributed by atoms with Crippen molar-refractivity contribution in [2.24, 2.45) is 5.92 Å². The average molecular weight is 227 g/mol. The van der Waals surface area contributed by atoms with Crippen molar-refractivity contribution in [1.82, 2.24) is 5.32 Å². The average Bonchev–Trinajstić information content (AvgIpc) is 2.26. The summed E-state index contributed by atoms with van der Waals surface area (Å²) in [6.45, 7) is 5.45. The van der Waals surface area contributed by atoms with E-state index in [1.54, 1.807) is 6.20 Å². The predicted molar refractivity (Wildman–Crippen MR) is 67.1 cm³/mol. The van der Waals surface area contributed by atoms with Gasteiger partial charge in [0.05, 0.1) is 7.11 Å². The van der Waals surface area contributed by atoms with Crippen molar-refractivity contribution in [1.29, 1.82) is 0 Å². The van der Waals surface area contributed by atoms with Crippen molar-refractivity contribution < 1.29 is 9.53 Å². The highest BCUT2D eigenvalue weighted by Crippen LogP contribution is 2.08. The second-order valence-corrected chi connectivity index (χ2v) is 4.41. The Bertz CT molecular complexity index is 200. The minimum Gasteiger partial charge on any atom is -0.466 e. The molecule has 0 radical (unpaired) electrons. The number of carbonyl (C=O) groups excluding carboxylic acids is 1. The van der Waals surface area contributed by atoms with Crippen LogP contribution in [0.5, 0.6) is 0 Å². The van der Waals surface area contributed by atoms with Crippen molar-refractivity contribution in [3.63, 3.8) is 0 Å². The van der Waals surface area contributed by atoms with Gasteiger partial charge in [-0.3, -0.25) is 0 Å². The van der Waals surface area contributed by atoms with E-state index in [-0.39, 0.29) is 5.97 Å². The van der Waals surface area contributed by atoms with Crippen LogP contribution < -0.4 is 5.32 Å². The van der Waals surface area contributed by atoms with Crippen LogP contribution in [-0.2, 0) is 9.53 Å². The molecule has 16 heavy (non-hydrogen) atoms. The molecule has 0 saturated carbocycles. The fourth-order valence-electron chi connectivity index (χ4n) is 1.41. The standard InChI is InChI=1S/C13H25NO2/c1-12(2)8-6-4-5-7-10-14-11-9-13(15)16-3/h9,11-12,14H,4-8,10H2,1-3H3/b11-9+. The molecule has 0 aliphatic heterocycles. The van der Waals surface area contributed by atoms with Crippen LogP contribution in [0.3, 0.4) is 0 Å². The minimum absolute atomic E-state index is 0.315. The van der Waals surface area contributed by atoms with Crippen LogP contribution in [0.25, 0.3) is 0 Å². The Morgan fingerprint density at radius 2 is 1.94 bits per heavy atom. The van der Waals surface area contributed by atoms with Gasteiger partial charge < -0.3 is 10.1 Å². The number of hydrogen-bond acceptors (Lipinski definition) is 3. The molecule has 0 aliphatic carbocycles. The Hall–Kier alpha value is -0.990. The summed E-state index contributed by atoms with van der Waals surface area (Å²) in [5.41, 5.74) is 0. The first kappa shape index (κ1) is 15.0. The molecule has 0 rings (SSSR count). The van der Waals surface area contributed by atoms with E-state index in [9.17, 15) is 4.79 Å². The third kappa shape index (κ3) is 11.1. The van der Waals surface area contributed by atoms with Gasteiger partial charge in [-0.25, -0.2) is 4.79 Å².